The van der Waals surface area contributed by atoms with Gasteiger partial charge >= 0.3 is 5.97 Å². The van der Waals surface area contributed by atoms with Gasteiger partial charge in [-0.2, -0.15) is 0 Å². The van der Waals surface area contributed by atoms with E-state index in [0.717, 1.165) is 21.5 Å². The second kappa shape index (κ2) is 9.32. The normalized spacial score (nSPS) is 11.4. The number of fused-ring (bicyclic) bond motifs is 1. The number of carbonyl (C=O) groups excluding carboxylic acids is 1. The van der Waals surface area contributed by atoms with E-state index in [0.29, 0.717) is 33.6 Å². The predicted molar refractivity (Wildman–Crippen MR) is 126 cm³/mol. The van der Waals surface area contributed by atoms with Gasteiger partial charge in [0.25, 0.3) is 0 Å². The number of nitrogen functional groups attached to an aromatic ring is 1. The summed E-state index contributed by atoms with van der Waals surface area (Å²) in [7, 11) is 5.79. The Labute approximate surface area is 189 Å². The third kappa shape index (κ3) is 4.45. The number of carbonyl (C=O) groups is 1. The fourth-order valence-corrected chi connectivity index (χ4v) is 4.99. The van der Waals surface area contributed by atoms with Crippen LogP contribution in [0.2, 0.25) is 0 Å². The second-order valence-corrected chi connectivity index (χ2v) is 9.18. The molecule has 3 rings (SSSR count). The molecule has 3 N–H and O–H groups in total. The maximum absolute atomic E-state index is 13.0. The van der Waals surface area contributed by atoms with Crippen LogP contribution in [0.4, 0.5) is 5.69 Å². The van der Waals surface area contributed by atoms with Crippen LogP contribution in [-0.4, -0.2) is 41.2 Å². The maximum atomic E-state index is 13.0. The maximum Gasteiger partial charge on any atom is 0.340 e. The Morgan fingerprint density at radius 3 is 2.70 bits per heavy atom. The van der Waals surface area contributed by atoms with Crippen LogP contribution in [0.25, 0.3) is 10.9 Å². The number of hydrogen-bond donors (Lipinski definition) is 2. The van der Waals surface area contributed by atoms with E-state index in [4.69, 9.17) is 10.5 Å². The van der Waals surface area contributed by atoms with E-state index in [1.165, 1.54) is 0 Å². The number of aryl methyl sites for hydroxylation is 1. The van der Waals surface area contributed by atoms with Crippen LogP contribution in [0, 0.1) is 0 Å². The molecule has 8 heteroatoms. The van der Waals surface area contributed by atoms with Crippen molar-refractivity contribution in [2.24, 2.45) is 7.05 Å². The van der Waals surface area contributed by atoms with Crippen LogP contribution in [0.5, 0.6) is 5.75 Å². The van der Waals surface area contributed by atoms with Gasteiger partial charge in [0, 0.05) is 46.6 Å². The number of nitrogens with zero attached hydrogens (tertiary/aromatic N) is 2. The summed E-state index contributed by atoms with van der Waals surface area (Å²) < 4.78 is 8.00. The van der Waals surface area contributed by atoms with Crippen molar-refractivity contribution in [3.05, 3.63) is 51.6 Å². The number of rotatable bonds is 7. The monoisotopic (exact) mass is 491 g/mol. The summed E-state index contributed by atoms with van der Waals surface area (Å²) in [6, 6.07) is 9.51. The molecule has 0 atom stereocenters. The first kappa shape index (κ1) is 22.5. The van der Waals surface area contributed by atoms with Gasteiger partial charge in [-0.1, -0.05) is 6.07 Å². The van der Waals surface area contributed by atoms with Crippen molar-refractivity contribution in [1.82, 2.24) is 9.47 Å². The standard InChI is InChI=1S/C22H26BrN3O3S/c1-5-29-22(28)20-18(12-30-14-8-6-7-13(24)9-14)26(4)17-10-16(23)21(27)15(19(17)20)11-25(2)3/h6-10,27H,5,11-12,24H2,1-4H3. The number of esters is 1. The van der Waals surface area contributed by atoms with Crippen LogP contribution in [0.3, 0.4) is 0 Å². The minimum absolute atomic E-state index is 0.141. The summed E-state index contributed by atoms with van der Waals surface area (Å²) in [6.45, 7) is 2.56. The first-order valence-corrected chi connectivity index (χ1v) is 11.3. The van der Waals surface area contributed by atoms with Gasteiger partial charge in [-0.15, -0.1) is 11.8 Å². The summed E-state index contributed by atoms with van der Waals surface area (Å²) in [5.74, 6) is 0.318. The minimum Gasteiger partial charge on any atom is -0.506 e. The fraction of sp³-hybridized carbons (Fsp3) is 0.318. The molecule has 0 aliphatic rings. The largest absolute Gasteiger partial charge is 0.506 e. The smallest absolute Gasteiger partial charge is 0.340 e. The molecule has 0 saturated carbocycles. The summed E-state index contributed by atoms with van der Waals surface area (Å²) in [5.41, 5.74) is 9.51. The molecule has 0 spiro atoms. The lowest BCUT2D eigenvalue weighted by atomic mass is 10.0. The average Bonchev–Trinajstić information content (AvgIpc) is 2.95. The van der Waals surface area contributed by atoms with Crippen LogP contribution in [-0.2, 0) is 24.1 Å². The molecular weight excluding hydrogens is 466 g/mol. The highest BCUT2D eigenvalue weighted by atomic mass is 79.9. The zero-order valence-corrected chi connectivity index (χ0v) is 19.9. The molecule has 0 amide bonds. The fourth-order valence-electron chi connectivity index (χ4n) is 3.50. The van der Waals surface area contributed by atoms with Gasteiger partial charge in [-0.05, 0) is 61.2 Å². The highest BCUT2D eigenvalue weighted by molar-refractivity contribution is 9.10. The van der Waals surface area contributed by atoms with Crippen molar-refractivity contribution in [2.45, 2.75) is 24.1 Å². The number of nitrogens with two attached hydrogens (primary N) is 1. The first-order chi connectivity index (χ1) is 14.2. The molecule has 0 saturated heterocycles. The van der Waals surface area contributed by atoms with E-state index < -0.39 is 0 Å². The quantitative estimate of drug-likeness (QED) is 0.281. The van der Waals surface area contributed by atoms with Crippen LogP contribution in [0.15, 0.2) is 39.7 Å². The van der Waals surface area contributed by atoms with Gasteiger partial charge in [-0.3, -0.25) is 0 Å². The Morgan fingerprint density at radius 2 is 2.07 bits per heavy atom. The topological polar surface area (TPSA) is 80.7 Å². The molecule has 160 valence electrons. The molecule has 30 heavy (non-hydrogen) atoms. The van der Waals surface area contributed by atoms with Gasteiger partial charge in [0.1, 0.15) is 5.75 Å². The lowest BCUT2D eigenvalue weighted by molar-refractivity contribution is 0.0527. The van der Waals surface area contributed by atoms with Gasteiger partial charge in [0.05, 0.1) is 22.2 Å². The van der Waals surface area contributed by atoms with Crippen molar-refractivity contribution in [3.63, 3.8) is 0 Å². The van der Waals surface area contributed by atoms with E-state index >= 15 is 0 Å². The lowest BCUT2D eigenvalue weighted by Gasteiger charge is -2.15. The number of halogens is 1. The number of aromatic hydroxyl groups is 1. The van der Waals surface area contributed by atoms with E-state index in [1.54, 1.807) is 18.7 Å². The number of anilines is 1. The second-order valence-electron chi connectivity index (χ2n) is 7.28. The summed E-state index contributed by atoms with van der Waals surface area (Å²) >= 11 is 5.06. The van der Waals surface area contributed by atoms with Gasteiger partial charge in [0.2, 0.25) is 0 Å². The summed E-state index contributed by atoms with van der Waals surface area (Å²) in [4.78, 5) is 16.0. The number of ether oxygens (including phenoxy) is 1. The van der Waals surface area contributed by atoms with Crippen molar-refractivity contribution in [1.29, 1.82) is 0 Å². The zero-order chi connectivity index (χ0) is 22.0. The summed E-state index contributed by atoms with van der Waals surface area (Å²) in [6.07, 6.45) is 0. The highest BCUT2D eigenvalue weighted by Crippen LogP contribution is 2.41. The molecule has 0 radical (unpaired) electrons. The van der Waals surface area contributed by atoms with Crippen LogP contribution >= 0.6 is 27.7 Å². The molecule has 2 aromatic carbocycles. The number of aromatic nitrogens is 1. The molecule has 0 fully saturated rings. The van der Waals surface area contributed by atoms with Crippen LogP contribution < -0.4 is 5.73 Å². The molecule has 0 bridgehead atoms. The molecule has 0 unspecified atom stereocenters. The molecule has 1 heterocycles. The van der Waals surface area contributed by atoms with E-state index in [-0.39, 0.29) is 18.3 Å². The molecule has 3 aromatic rings. The zero-order valence-electron chi connectivity index (χ0n) is 17.5. The molecule has 0 aliphatic carbocycles. The van der Waals surface area contributed by atoms with Crippen molar-refractivity contribution >= 4 is 50.3 Å². The first-order valence-electron chi connectivity index (χ1n) is 9.56. The van der Waals surface area contributed by atoms with Gasteiger partial charge in [0.15, 0.2) is 0 Å². The molecule has 6 nitrogen and oxygen atoms in total. The van der Waals surface area contributed by atoms with Gasteiger partial charge in [-0.25, -0.2) is 4.79 Å². The summed E-state index contributed by atoms with van der Waals surface area (Å²) in [5, 5.41) is 11.5. The third-order valence-corrected chi connectivity index (χ3v) is 6.44. The van der Waals surface area contributed by atoms with Crippen molar-refractivity contribution in [2.75, 3.05) is 26.4 Å². The van der Waals surface area contributed by atoms with Crippen molar-refractivity contribution < 1.29 is 14.6 Å². The predicted octanol–water partition coefficient (Wildman–Crippen LogP) is 4.76. The Kier molecular flexibility index (Phi) is 7.00. The third-order valence-electron chi connectivity index (χ3n) is 4.83. The SMILES string of the molecule is CCOC(=O)c1c(CSc2cccc(N)c2)n(C)c2cc(Br)c(O)c(CN(C)C)c12. The van der Waals surface area contributed by atoms with Crippen molar-refractivity contribution in [3.8, 4) is 5.75 Å². The van der Waals surface area contributed by atoms with E-state index in [9.17, 15) is 9.90 Å². The Bertz CT molecular complexity index is 1100. The number of thioether (sulfide) groups is 1. The van der Waals surface area contributed by atoms with Crippen LogP contribution in [0.1, 0.15) is 28.5 Å². The molecule has 1 aromatic heterocycles. The number of hydrogen-bond acceptors (Lipinski definition) is 6. The minimum atomic E-state index is -0.381. The Hall–Kier alpha value is -2.16. The van der Waals surface area contributed by atoms with E-state index in [2.05, 4.69) is 15.9 Å². The van der Waals surface area contributed by atoms with Gasteiger partial charge < -0.3 is 25.0 Å². The van der Waals surface area contributed by atoms with E-state index in [1.807, 2.05) is 60.9 Å². The molecule has 0 aliphatic heterocycles. The average molecular weight is 492 g/mol. The highest BCUT2D eigenvalue weighted by Gasteiger charge is 2.27. The lowest BCUT2D eigenvalue weighted by Crippen LogP contribution is -2.13. The number of benzene rings is 2. The Morgan fingerprint density at radius 1 is 1.33 bits per heavy atom. The number of phenols is 1. The Balaban J connectivity index is 2.21. The number of phenolic OH excluding ortho intramolecular Hbond substituents is 1. The molecular formula is C22H26BrN3O3S.